The minimum absolute atomic E-state index is 0.0305. The average Bonchev–Trinajstić information content (AvgIpc) is 3.28. The number of halogens is 1. The second-order valence-electron chi connectivity index (χ2n) is 7.87. The quantitative estimate of drug-likeness (QED) is 0.661. The first-order chi connectivity index (χ1) is 15.5. The smallest absolute Gasteiger partial charge is 0.248 e. The van der Waals surface area contributed by atoms with Gasteiger partial charge in [-0.25, -0.2) is 4.39 Å². The number of anilines is 1. The Balaban J connectivity index is 1.78. The number of nitrogens with one attached hydrogen (secondary N) is 1. The number of carbonyl (C=O) groups excluding carboxylic acids is 1. The van der Waals surface area contributed by atoms with Crippen LogP contribution >= 0.6 is 0 Å². The number of ether oxygens (including phenoxy) is 1. The van der Waals surface area contributed by atoms with E-state index in [-0.39, 0.29) is 35.6 Å². The van der Waals surface area contributed by atoms with Crippen LogP contribution < -0.4 is 15.4 Å². The summed E-state index contributed by atoms with van der Waals surface area (Å²) in [4.78, 5) is 15.8. The van der Waals surface area contributed by atoms with Crippen molar-refractivity contribution in [3.63, 3.8) is 0 Å². The van der Waals surface area contributed by atoms with Crippen LogP contribution in [0.2, 0.25) is 0 Å². The highest BCUT2D eigenvalue weighted by Crippen LogP contribution is 2.56. The second kappa shape index (κ2) is 7.24. The Labute approximate surface area is 183 Å². The minimum atomic E-state index is -1.48. The van der Waals surface area contributed by atoms with E-state index in [1.54, 1.807) is 17.0 Å². The summed E-state index contributed by atoms with van der Waals surface area (Å²) in [6, 6.07) is 15.5. The number of hydrogen-bond acceptors (Lipinski definition) is 5. The maximum atomic E-state index is 14.3. The molecule has 0 unspecified atom stereocenters. The van der Waals surface area contributed by atoms with E-state index in [4.69, 9.17) is 10.5 Å². The van der Waals surface area contributed by atoms with Gasteiger partial charge in [0.2, 0.25) is 17.7 Å². The van der Waals surface area contributed by atoms with E-state index in [2.05, 4.69) is 16.3 Å². The van der Waals surface area contributed by atoms with Crippen molar-refractivity contribution in [1.82, 2.24) is 10.2 Å². The minimum Gasteiger partial charge on any atom is -0.420 e. The predicted molar refractivity (Wildman–Crippen MR) is 115 cm³/mol. The fraction of sp³-hybridized carbons (Fsp3) is 0.208. The van der Waals surface area contributed by atoms with Crippen molar-refractivity contribution < 1.29 is 13.9 Å². The Kier molecular flexibility index (Phi) is 4.48. The fourth-order valence-electron chi connectivity index (χ4n) is 4.77. The number of aromatic amines is 1. The van der Waals surface area contributed by atoms with Crippen LogP contribution in [0.1, 0.15) is 35.7 Å². The van der Waals surface area contributed by atoms with Gasteiger partial charge in [0, 0.05) is 16.9 Å². The van der Waals surface area contributed by atoms with E-state index in [1.807, 2.05) is 31.2 Å². The number of nitrogens with zero attached hydrogens (tertiary/aromatic N) is 3. The first-order valence-electron chi connectivity index (χ1n) is 10.3. The van der Waals surface area contributed by atoms with Gasteiger partial charge in [-0.2, -0.15) is 5.26 Å². The van der Waals surface area contributed by atoms with Gasteiger partial charge in [0.1, 0.15) is 22.9 Å². The molecule has 2 aliphatic heterocycles. The lowest BCUT2D eigenvalue weighted by molar-refractivity contribution is -0.121. The molecule has 1 aromatic heterocycles. The standard InChI is InChI=1S/C24H20FN5O2/c1-2-6-18-20-22(29-28-18)32-21(27)17(12-26)24(20)16-9-3-4-10-19(16)30(23(24)31)13-14-7-5-8-15(25)11-14/h3-5,7-11H,2,6,13,27H2,1H3,(H,28,29)/t24-/m1/s1. The number of nitriles is 1. The van der Waals surface area contributed by atoms with E-state index >= 15 is 0 Å². The van der Waals surface area contributed by atoms with E-state index in [0.29, 0.717) is 28.8 Å². The van der Waals surface area contributed by atoms with E-state index in [0.717, 1.165) is 12.1 Å². The summed E-state index contributed by atoms with van der Waals surface area (Å²) >= 11 is 0. The molecule has 3 N–H and O–H groups in total. The monoisotopic (exact) mass is 429 g/mol. The molecule has 0 aliphatic carbocycles. The van der Waals surface area contributed by atoms with E-state index in [1.165, 1.54) is 12.1 Å². The predicted octanol–water partition coefficient (Wildman–Crippen LogP) is 3.42. The highest BCUT2D eigenvalue weighted by Gasteiger charge is 2.60. The number of aryl methyl sites for hydroxylation is 1. The molecule has 1 spiro atoms. The average molecular weight is 429 g/mol. The zero-order chi connectivity index (χ0) is 22.5. The van der Waals surface area contributed by atoms with E-state index in [9.17, 15) is 14.4 Å². The molecule has 3 aromatic rings. The molecular formula is C24H20FN5O2. The summed E-state index contributed by atoms with van der Waals surface area (Å²) in [6.07, 6.45) is 1.42. The first kappa shape index (κ1) is 19.8. The molecule has 32 heavy (non-hydrogen) atoms. The lowest BCUT2D eigenvalue weighted by Gasteiger charge is -2.32. The Bertz CT molecular complexity index is 1320. The van der Waals surface area contributed by atoms with Crippen molar-refractivity contribution in [3.05, 3.63) is 88.2 Å². The number of rotatable bonds is 4. The Morgan fingerprint density at radius 1 is 1.28 bits per heavy atom. The Morgan fingerprint density at radius 2 is 2.09 bits per heavy atom. The summed E-state index contributed by atoms with van der Waals surface area (Å²) in [5.41, 5.74) is 7.83. The molecule has 0 bridgehead atoms. The summed E-state index contributed by atoms with van der Waals surface area (Å²) in [5, 5.41) is 17.3. The number of aromatic nitrogens is 2. The summed E-state index contributed by atoms with van der Waals surface area (Å²) < 4.78 is 19.5. The largest absolute Gasteiger partial charge is 0.420 e. The second-order valence-corrected chi connectivity index (χ2v) is 7.87. The molecule has 1 atom stereocenters. The van der Waals surface area contributed by atoms with Gasteiger partial charge >= 0.3 is 0 Å². The Hall–Kier alpha value is -4.12. The number of amides is 1. The van der Waals surface area contributed by atoms with Gasteiger partial charge in [-0.1, -0.05) is 43.7 Å². The van der Waals surface area contributed by atoms with Gasteiger partial charge in [0.25, 0.3) is 0 Å². The topological polar surface area (TPSA) is 108 Å². The van der Waals surface area contributed by atoms with Gasteiger partial charge in [-0.3, -0.25) is 9.89 Å². The van der Waals surface area contributed by atoms with Crippen LogP contribution in [0.4, 0.5) is 10.1 Å². The van der Waals surface area contributed by atoms with Crippen molar-refractivity contribution in [2.75, 3.05) is 4.90 Å². The molecule has 3 heterocycles. The van der Waals surface area contributed by atoms with Gasteiger partial charge in [0.05, 0.1) is 12.1 Å². The normalized spacial score (nSPS) is 19.0. The molecule has 0 saturated carbocycles. The third-order valence-electron chi connectivity index (χ3n) is 6.02. The van der Waals surface area contributed by atoms with Crippen LogP contribution in [0.5, 0.6) is 5.88 Å². The zero-order valence-electron chi connectivity index (χ0n) is 17.4. The highest BCUT2D eigenvalue weighted by atomic mass is 19.1. The van der Waals surface area contributed by atoms with E-state index < -0.39 is 5.41 Å². The first-order valence-corrected chi connectivity index (χ1v) is 10.3. The van der Waals surface area contributed by atoms with Crippen molar-refractivity contribution in [2.24, 2.45) is 5.73 Å². The van der Waals surface area contributed by atoms with Gasteiger partial charge in [-0.15, -0.1) is 5.10 Å². The number of fused-ring (bicyclic) bond motifs is 4. The lowest BCUT2D eigenvalue weighted by atomic mass is 9.68. The SMILES string of the molecule is CCCc1[nH]nc2c1[C@]1(C(=O)N(Cc3cccc(F)c3)c3ccccc31)C(C#N)=C(N)O2. The lowest BCUT2D eigenvalue weighted by Crippen LogP contribution is -2.46. The highest BCUT2D eigenvalue weighted by molar-refractivity contribution is 6.14. The van der Waals surface area contributed by atoms with Crippen molar-refractivity contribution >= 4 is 11.6 Å². The maximum Gasteiger partial charge on any atom is 0.248 e. The zero-order valence-corrected chi connectivity index (χ0v) is 17.4. The van der Waals surface area contributed by atoms with Gasteiger partial charge in [0.15, 0.2) is 0 Å². The third kappa shape index (κ3) is 2.57. The van der Waals surface area contributed by atoms with Crippen LogP contribution in [0.3, 0.4) is 0 Å². The van der Waals surface area contributed by atoms with Crippen LogP contribution in [0, 0.1) is 17.1 Å². The van der Waals surface area contributed by atoms with Crippen LogP contribution in [0.15, 0.2) is 60.0 Å². The van der Waals surface area contributed by atoms with Crippen LogP contribution in [0.25, 0.3) is 0 Å². The molecule has 0 fully saturated rings. The number of carbonyl (C=O) groups is 1. The number of para-hydroxylation sites is 1. The maximum absolute atomic E-state index is 14.3. The van der Waals surface area contributed by atoms with Crippen molar-refractivity contribution in [3.8, 4) is 11.9 Å². The number of hydrogen-bond donors (Lipinski definition) is 2. The van der Waals surface area contributed by atoms with Gasteiger partial charge in [-0.05, 0) is 30.2 Å². The molecule has 2 aromatic carbocycles. The summed E-state index contributed by atoms with van der Waals surface area (Å²) in [5.74, 6) is -0.677. The van der Waals surface area contributed by atoms with Crippen molar-refractivity contribution in [1.29, 1.82) is 5.26 Å². The van der Waals surface area contributed by atoms with Crippen LogP contribution in [-0.4, -0.2) is 16.1 Å². The fourth-order valence-corrected chi connectivity index (χ4v) is 4.77. The molecule has 8 heteroatoms. The number of nitrogens with two attached hydrogens (primary N) is 1. The molecule has 160 valence electrons. The van der Waals surface area contributed by atoms with Crippen LogP contribution in [-0.2, 0) is 23.2 Å². The third-order valence-corrected chi connectivity index (χ3v) is 6.02. The Morgan fingerprint density at radius 3 is 2.84 bits per heavy atom. The van der Waals surface area contributed by atoms with Gasteiger partial charge < -0.3 is 15.4 Å². The number of H-pyrrole nitrogens is 1. The molecule has 1 amide bonds. The summed E-state index contributed by atoms with van der Waals surface area (Å²) in [7, 11) is 0. The molecule has 0 radical (unpaired) electrons. The molecule has 5 rings (SSSR count). The molecular weight excluding hydrogens is 409 g/mol. The molecule has 7 nitrogen and oxygen atoms in total. The number of benzene rings is 2. The molecule has 0 saturated heterocycles. The molecule has 2 aliphatic rings. The van der Waals surface area contributed by atoms with Crippen molar-refractivity contribution in [2.45, 2.75) is 31.7 Å². The summed E-state index contributed by atoms with van der Waals surface area (Å²) in [6.45, 7) is 2.16.